The van der Waals surface area contributed by atoms with E-state index in [2.05, 4.69) is 11.9 Å². The topological polar surface area (TPSA) is 84.9 Å². The molecule has 1 aliphatic heterocycles. The summed E-state index contributed by atoms with van der Waals surface area (Å²) in [4.78, 5) is 38.1. The molecule has 0 radical (unpaired) electrons. The largest absolute Gasteiger partial charge is 0.457 e. The van der Waals surface area contributed by atoms with Crippen molar-refractivity contribution in [1.82, 2.24) is 4.90 Å². The van der Waals surface area contributed by atoms with E-state index in [1.54, 1.807) is 48.5 Å². The van der Waals surface area contributed by atoms with E-state index in [9.17, 15) is 14.4 Å². The monoisotopic (exact) mass is 428 g/mol. The highest BCUT2D eigenvalue weighted by molar-refractivity contribution is 6.10. The summed E-state index contributed by atoms with van der Waals surface area (Å²) in [6, 6.07) is 23.1. The summed E-state index contributed by atoms with van der Waals surface area (Å²) >= 11 is 0. The van der Waals surface area contributed by atoms with E-state index in [0.717, 1.165) is 0 Å². The highest BCUT2D eigenvalue weighted by Gasteiger charge is 2.32. The molecule has 1 heterocycles. The number of hydrogen-bond acceptors (Lipinski definition) is 5. The van der Waals surface area contributed by atoms with Gasteiger partial charge in [-0.2, -0.15) is 0 Å². The molecule has 0 aliphatic carbocycles. The third-order valence-corrected chi connectivity index (χ3v) is 4.79. The second-order valence-corrected chi connectivity index (χ2v) is 7.04. The maximum atomic E-state index is 12.5. The minimum Gasteiger partial charge on any atom is -0.457 e. The second kappa shape index (κ2) is 9.18. The molecule has 2 amide bonds. The lowest BCUT2D eigenvalue weighted by molar-refractivity contribution is -0.147. The number of hydrogen-bond donors (Lipinski definition) is 1. The summed E-state index contributed by atoms with van der Waals surface area (Å²) < 4.78 is 10.8. The smallest absolute Gasteiger partial charge is 0.326 e. The molecule has 32 heavy (non-hydrogen) atoms. The summed E-state index contributed by atoms with van der Waals surface area (Å²) in [5.41, 5.74) is 2.10. The Bertz CT molecular complexity index is 1150. The molecule has 160 valence electrons. The lowest BCUT2D eigenvalue weighted by atomic mass is 10.1. The predicted molar refractivity (Wildman–Crippen MR) is 119 cm³/mol. The Morgan fingerprint density at radius 3 is 2.31 bits per heavy atom. The Hall–Kier alpha value is -4.39. The number of anilines is 1. The van der Waals surface area contributed by atoms with Crippen molar-refractivity contribution in [3.8, 4) is 11.5 Å². The Balaban J connectivity index is 1.28. The van der Waals surface area contributed by atoms with Crippen molar-refractivity contribution >= 4 is 29.2 Å². The fraction of sp³-hybridized carbons (Fsp3) is 0.0800. The normalized spacial score (nSPS) is 12.3. The van der Waals surface area contributed by atoms with E-state index in [4.69, 9.17) is 9.47 Å². The van der Waals surface area contributed by atoms with Crippen molar-refractivity contribution in [1.29, 1.82) is 0 Å². The van der Waals surface area contributed by atoms with Crippen molar-refractivity contribution in [2.24, 2.45) is 0 Å². The first-order chi connectivity index (χ1) is 15.5. The highest BCUT2D eigenvalue weighted by Crippen LogP contribution is 2.30. The Morgan fingerprint density at radius 1 is 0.875 bits per heavy atom. The number of nitrogens with one attached hydrogen (secondary N) is 1. The van der Waals surface area contributed by atoms with Crippen LogP contribution in [-0.4, -0.2) is 35.8 Å². The minimum atomic E-state index is -0.705. The maximum absolute atomic E-state index is 12.5. The van der Waals surface area contributed by atoms with E-state index < -0.39 is 18.5 Å². The summed E-state index contributed by atoms with van der Waals surface area (Å²) in [6.07, 6.45) is 0. The zero-order valence-electron chi connectivity index (χ0n) is 17.1. The van der Waals surface area contributed by atoms with Crippen LogP contribution < -0.4 is 10.1 Å². The van der Waals surface area contributed by atoms with Crippen LogP contribution in [0.15, 0.2) is 85.4 Å². The van der Waals surface area contributed by atoms with Crippen LogP contribution in [0.25, 0.3) is 5.70 Å². The van der Waals surface area contributed by atoms with E-state index in [1.165, 1.54) is 4.90 Å². The number of benzene rings is 3. The molecule has 0 saturated carbocycles. The van der Waals surface area contributed by atoms with Crippen LogP contribution >= 0.6 is 0 Å². The quantitative estimate of drug-likeness (QED) is 0.573. The van der Waals surface area contributed by atoms with Crippen molar-refractivity contribution < 1.29 is 23.9 Å². The van der Waals surface area contributed by atoms with Crippen LogP contribution in [-0.2, 0) is 14.3 Å². The number of rotatable bonds is 7. The molecule has 7 heteroatoms. The third kappa shape index (κ3) is 4.67. The molecule has 1 N–H and O–H groups in total. The van der Waals surface area contributed by atoms with Gasteiger partial charge in [-0.1, -0.05) is 49.0 Å². The van der Waals surface area contributed by atoms with Crippen molar-refractivity contribution in [3.63, 3.8) is 0 Å². The number of amides is 2. The molecular weight excluding hydrogens is 408 g/mol. The Labute approximate surface area is 184 Å². The van der Waals surface area contributed by atoms with E-state index >= 15 is 0 Å². The number of esters is 1. The van der Waals surface area contributed by atoms with Crippen LogP contribution in [0.4, 0.5) is 5.69 Å². The fourth-order valence-corrected chi connectivity index (χ4v) is 3.28. The van der Waals surface area contributed by atoms with Crippen LogP contribution in [0.5, 0.6) is 11.5 Å². The van der Waals surface area contributed by atoms with Gasteiger partial charge in [0.1, 0.15) is 18.0 Å². The molecule has 0 aromatic heterocycles. The molecule has 0 bridgehead atoms. The van der Waals surface area contributed by atoms with Gasteiger partial charge < -0.3 is 14.8 Å². The van der Waals surface area contributed by atoms with Gasteiger partial charge >= 0.3 is 5.97 Å². The average Bonchev–Trinajstić information content (AvgIpc) is 3.04. The van der Waals surface area contributed by atoms with Crippen molar-refractivity contribution in [2.75, 3.05) is 18.5 Å². The molecule has 7 nitrogen and oxygen atoms in total. The summed E-state index contributed by atoms with van der Waals surface area (Å²) in [7, 11) is 0. The van der Waals surface area contributed by atoms with Crippen LogP contribution in [0.1, 0.15) is 15.9 Å². The van der Waals surface area contributed by atoms with E-state index in [-0.39, 0.29) is 12.5 Å². The Kier molecular flexibility index (Phi) is 5.98. The SMILES string of the molecule is C=C1c2ccccc2C(=O)N1CC(=O)OCC(=O)Nc1cccc(Oc2ccccc2)c1. The Morgan fingerprint density at radius 2 is 1.56 bits per heavy atom. The molecule has 3 aromatic carbocycles. The number of carbonyl (C=O) groups excluding carboxylic acids is 3. The van der Waals surface area contributed by atoms with Crippen molar-refractivity contribution in [2.45, 2.75) is 0 Å². The molecule has 0 spiro atoms. The molecule has 3 aromatic rings. The van der Waals surface area contributed by atoms with Gasteiger partial charge in [0.25, 0.3) is 11.8 Å². The molecular formula is C25H20N2O5. The van der Waals surface area contributed by atoms with Gasteiger partial charge in [-0.05, 0) is 30.3 Å². The van der Waals surface area contributed by atoms with Crippen LogP contribution in [0.2, 0.25) is 0 Å². The first-order valence-corrected chi connectivity index (χ1v) is 9.90. The van der Waals surface area contributed by atoms with E-state index in [1.807, 2.05) is 30.3 Å². The number of ether oxygens (including phenoxy) is 2. The predicted octanol–water partition coefficient (Wildman–Crippen LogP) is 4.09. The summed E-state index contributed by atoms with van der Waals surface area (Å²) in [5, 5.41) is 2.65. The number of fused-ring (bicyclic) bond motifs is 1. The number of carbonyl (C=O) groups is 3. The first-order valence-electron chi connectivity index (χ1n) is 9.90. The minimum absolute atomic E-state index is 0.317. The molecule has 0 saturated heterocycles. The van der Waals surface area contributed by atoms with Gasteiger partial charge in [0.15, 0.2) is 6.61 Å². The standard InChI is InChI=1S/C25H20N2O5/c1-17-21-12-5-6-13-22(21)25(30)27(17)15-24(29)31-16-23(28)26-18-8-7-11-20(14-18)32-19-9-3-2-4-10-19/h2-14H,1,15-16H2,(H,26,28). The van der Waals surface area contributed by atoms with Gasteiger partial charge in [-0.3, -0.25) is 19.3 Å². The lowest BCUT2D eigenvalue weighted by Crippen LogP contribution is -2.32. The number of nitrogens with zero attached hydrogens (tertiary/aromatic N) is 1. The molecule has 0 fully saturated rings. The highest BCUT2D eigenvalue weighted by atomic mass is 16.5. The van der Waals surface area contributed by atoms with Crippen LogP contribution in [0.3, 0.4) is 0 Å². The molecule has 0 atom stereocenters. The van der Waals surface area contributed by atoms with E-state index in [0.29, 0.717) is 34.0 Å². The van der Waals surface area contributed by atoms with Gasteiger partial charge in [-0.15, -0.1) is 0 Å². The fourth-order valence-electron chi connectivity index (χ4n) is 3.28. The average molecular weight is 428 g/mol. The van der Waals surface area contributed by atoms with Crippen LogP contribution in [0, 0.1) is 0 Å². The zero-order chi connectivity index (χ0) is 22.5. The second-order valence-electron chi connectivity index (χ2n) is 7.04. The van der Waals surface area contributed by atoms with Gasteiger partial charge in [0.05, 0.1) is 0 Å². The van der Waals surface area contributed by atoms with Gasteiger partial charge in [-0.25, -0.2) is 0 Å². The lowest BCUT2D eigenvalue weighted by Gasteiger charge is -2.16. The molecule has 4 rings (SSSR count). The maximum Gasteiger partial charge on any atom is 0.326 e. The number of para-hydroxylation sites is 1. The summed E-state index contributed by atoms with van der Waals surface area (Å²) in [6.45, 7) is 3.07. The zero-order valence-corrected chi connectivity index (χ0v) is 17.1. The first kappa shape index (κ1) is 20.9. The van der Waals surface area contributed by atoms with Gasteiger partial charge in [0.2, 0.25) is 0 Å². The molecule has 0 unspecified atom stereocenters. The van der Waals surface area contributed by atoms with Gasteiger partial charge in [0, 0.05) is 28.6 Å². The summed E-state index contributed by atoms with van der Waals surface area (Å²) in [5.74, 6) is -0.308. The van der Waals surface area contributed by atoms with Crippen molar-refractivity contribution in [3.05, 3.63) is 96.6 Å². The molecule has 1 aliphatic rings. The third-order valence-electron chi connectivity index (χ3n) is 4.79.